The number of aliphatic hydroxyl groups excluding tert-OH is 1. The molecule has 0 radical (unpaired) electrons. The van der Waals surface area contributed by atoms with Gasteiger partial charge in [-0.2, -0.15) is 0 Å². The van der Waals surface area contributed by atoms with Crippen LogP contribution in [0.1, 0.15) is 11.1 Å². The molecule has 1 aromatic heterocycles. The molecule has 0 aliphatic heterocycles. The third kappa shape index (κ3) is 4.11. The summed E-state index contributed by atoms with van der Waals surface area (Å²) in [5.41, 5.74) is 3.53. The number of nitrogens with one attached hydrogen (secondary N) is 1. The van der Waals surface area contributed by atoms with E-state index in [2.05, 4.69) is 46.7 Å². The fraction of sp³-hybridized carbons (Fsp3) is 0.0870. The Kier molecular flexibility index (Phi) is 5.46. The lowest BCUT2D eigenvalue weighted by atomic mass is 10.1. The van der Waals surface area contributed by atoms with Gasteiger partial charge in [0, 0.05) is 39.2 Å². The highest BCUT2D eigenvalue weighted by atomic mass is 32.2. The zero-order valence-electron chi connectivity index (χ0n) is 15.2. The van der Waals surface area contributed by atoms with E-state index < -0.39 is 0 Å². The molecule has 4 nitrogen and oxygen atoms in total. The second-order valence-corrected chi connectivity index (χ2v) is 7.54. The maximum atomic E-state index is 9.71. The Morgan fingerprint density at radius 3 is 2.68 bits per heavy atom. The van der Waals surface area contributed by atoms with Crippen molar-refractivity contribution in [3.63, 3.8) is 0 Å². The molecular weight excluding hydrogens is 368 g/mol. The van der Waals surface area contributed by atoms with Crippen LogP contribution in [0.3, 0.4) is 0 Å². The van der Waals surface area contributed by atoms with Crippen molar-refractivity contribution < 1.29 is 10.2 Å². The van der Waals surface area contributed by atoms with Gasteiger partial charge in [-0.25, -0.2) is 0 Å². The quantitative estimate of drug-likeness (QED) is 0.396. The number of aromatic hydroxyl groups is 1. The minimum absolute atomic E-state index is 0.105. The van der Waals surface area contributed by atoms with E-state index in [0.29, 0.717) is 12.1 Å². The molecule has 1 heterocycles. The molecule has 5 heteroatoms. The topological polar surface area (TPSA) is 65.4 Å². The first-order chi connectivity index (χ1) is 13.7. The molecule has 0 saturated carbocycles. The highest BCUT2D eigenvalue weighted by molar-refractivity contribution is 7.99. The molecule has 3 aromatic carbocycles. The van der Waals surface area contributed by atoms with Crippen molar-refractivity contribution in [1.82, 2.24) is 4.98 Å². The van der Waals surface area contributed by atoms with Crippen molar-refractivity contribution in [2.24, 2.45) is 0 Å². The Morgan fingerprint density at radius 1 is 0.893 bits per heavy atom. The van der Waals surface area contributed by atoms with E-state index in [0.717, 1.165) is 21.5 Å². The van der Waals surface area contributed by atoms with Crippen LogP contribution in [-0.2, 0) is 13.2 Å². The van der Waals surface area contributed by atoms with Crippen LogP contribution in [0.2, 0.25) is 0 Å². The van der Waals surface area contributed by atoms with Gasteiger partial charge in [0.05, 0.1) is 12.1 Å². The second kappa shape index (κ2) is 8.33. The third-order valence-corrected chi connectivity index (χ3v) is 5.62. The largest absolute Gasteiger partial charge is 0.508 e. The van der Waals surface area contributed by atoms with Gasteiger partial charge < -0.3 is 15.5 Å². The number of fused-ring (bicyclic) bond motifs is 1. The first-order valence-corrected chi connectivity index (χ1v) is 9.82. The van der Waals surface area contributed by atoms with Crippen LogP contribution in [0.5, 0.6) is 5.75 Å². The lowest BCUT2D eigenvalue weighted by Gasteiger charge is -2.12. The summed E-state index contributed by atoms with van der Waals surface area (Å²) in [6.07, 6.45) is 1.81. The number of aromatic nitrogens is 1. The molecular formula is C23H20N2O2S. The smallest absolute Gasteiger partial charge is 0.121 e. The average Bonchev–Trinajstić information content (AvgIpc) is 2.74. The maximum absolute atomic E-state index is 9.71. The number of benzene rings is 3. The van der Waals surface area contributed by atoms with Gasteiger partial charge in [0.25, 0.3) is 0 Å². The first kappa shape index (κ1) is 18.3. The summed E-state index contributed by atoms with van der Waals surface area (Å²) in [4.78, 5) is 6.76. The van der Waals surface area contributed by atoms with Crippen LogP contribution in [-0.4, -0.2) is 15.2 Å². The Bertz CT molecular complexity index is 1110. The summed E-state index contributed by atoms with van der Waals surface area (Å²) in [7, 11) is 0. The number of pyridine rings is 1. The van der Waals surface area contributed by atoms with E-state index in [-0.39, 0.29) is 12.4 Å². The summed E-state index contributed by atoms with van der Waals surface area (Å²) in [6.45, 7) is 0.453. The number of phenols is 1. The zero-order valence-corrected chi connectivity index (χ0v) is 16.0. The van der Waals surface area contributed by atoms with Gasteiger partial charge in [-0.3, -0.25) is 4.98 Å². The van der Waals surface area contributed by atoms with E-state index in [9.17, 15) is 10.2 Å². The SMILES string of the molecule is OCc1cc(NCc2ccccc2Sc2ccc3cccnc3c2)ccc1O. The van der Waals surface area contributed by atoms with Crippen molar-refractivity contribution in [2.75, 3.05) is 5.32 Å². The normalized spacial score (nSPS) is 10.9. The van der Waals surface area contributed by atoms with Gasteiger partial charge in [0.1, 0.15) is 5.75 Å². The molecule has 4 rings (SSSR count). The molecule has 0 aliphatic rings. The minimum atomic E-state index is -0.191. The van der Waals surface area contributed by atoms with Crippen molar-refractivity contribution >= 4 is 28.4 Å². The monoisotopic (exact) mass is 388 g/mol. The Balaban J connectivity index is 1.53. The fourth-order valence-corrected chi connectivity index (χ4v) is 3.98. The first-order valence-electron chi connectivity index (χ1n) is 9.00. The molecule has 0 amide bonds. The third-order valence-electron chi connectivity index (χ3n) is 4.51. The maximum Gasteiger partial charge on any atom is 0.121 e. The van der Waals surface area contributed by atoms with Gasteiger partial charge >= 0.3 is 0 Å². The summed E-state index contributed by atoms with van der Waals surface area (Å²) in [5.74, 6) is 0.105. The molecule has 0 spiro atoms. The molecule has 4 aromatic rings. The van der Waals surface area contributed by atoms with Crippen LogP contribution in [0.25, 0.3) is 10.9 Å². The second-order valence-electron chi connectivity index (χ2n) is 6.42. The Hall–Kier alpha value is -3.02. The molecule has 0 saturated heterocycles. The number of rotatable bonds is 6. The molecule has 140 valence electrons. The summed E-state index contributed by atoms with van der Waals surface area (Å²) < 4.78 is 0. The number of hydrogen-bond acceptors (Lipinski definition) is 5. The minimum Gasteiger partial charge on any atom is -0.508 e. The molecule has 3 N–H and O–H groups in total. The molecule has 28 heavy (non-hydrogen) atoms. The zero-order chi connectivity index (χ0) is 19.3. The Morgan fingerprint density at radius 2 is 1.79 bits per heavy atom. The predicted molar refractivity (Wildman–Crippen MR) is 114 cm³/mol. The number of aliphatic hydroxyl groups is 1. The van der Waals surface area contributed by atoms with Crippen LogP contribution >= 0.6 is 11.8 Å². The van der Waals surface area contributed by atoms with Crippen LogP contribution < -0.4 is 5.32 Å². The lowest BCUT2D eigenvalue weighted by Crippen LogP contribution is -2.01. The molecule has 0 bridgehead atoms. The van der Waals surface area contributed by atoms with Crippen molar-refractivity contribution in [3.8, 4) is 5.75 Å². The van der Waals surface area contributed by atoms with Crippen molar-refractivity contribution in [2.45, 2.75) is 22.9 Å². The van der Waals surface area contributed by atoms with Crippen molar-refractivity contribution in [1.29, 1.82) is 0 Å². The number of nitrogens with zero attached hydrogens (tertiary/aromatic N) is 1. The molecule has 0 unspecified atom stereocenters. The number of anilines is 1. The molecule has 0 fully saturated rings. The highest BCUT2D eigenvalue weighted by Crippen LogP contribution is 2.32. The Labute approximate surface area is 167 Å². The van der Waals surface area contributed by atoms with Gasteiger partial charge in [0.2, 0.25) is 0 Å². The predicted octanol–water partition coefficient (Wildman–Crippen LogP) is 5.20. The van der Waals surface area contributed by atoms with Crippen LogP contribution in [0.15, 0.2) is 88.8 Å². The van der Waals surface area contributed by atoms with Gasteiger partial charge in [0.15, 0.2) is 0 Å². The summed E-state index contributed by atoms with van der Waals surface area (Å²) >= 11 is 1.71. The van der Waals surface area contributed by atoms with Gasteiger partial charge in [-0.15, -0.1) is 0 Å². The molecule has 0 atom stereocenters. The van der Waals surface area contributed by atoms with Crippen LogP contribution in [0, 0.1) is 0 Å². The van der Waals surface area contributed by atoms with E-state index in [1.807, 2.05) is 24.4 Å². The highest BCUT2D eigenvalue weighted by Gasteiger charge is 2.07. The van der Waals surface area contributed by atoms with E-state index in [4.69, 9.17) is 0 Å². The van der Waals surface area contributed by atoms with E-state index in [1.54, 1.807) is 30.0 Å². The van der Waals surface area contributed by atoms with Gasteiger partial charge in [-0.05, 0) is 48.0 Å². The van der Waals surface area contributed by atoms with Gasteiger partial charge in [-0.1, -0.05) is 42.1 Å². The lowest BCUT2D eigenvalue weighted by molar-refractivity contribution is 0.275. The number of hydrogen-bond donors (Lipinski definition) is 3. The van der Waals surface area contributed by atoms with E-state index in [1.165, 1.54) is 10.5 Å². The molecule has 0 aliphatic carbocycles. The fourth-order valence-electron chi connectivity index (χ4n) is 3.01. The average molecular weight is 388 g/mol. The van der Waals surface area contributed by atoms with Crippen molar-refractivity contribution in [3.05, 3.63) is 90.1 Å². The van der Waals surface area contributed by atoms with Crippen LogP contribution in [0.4, 0.5) is 5.69 Å². The summed E-state index contributed by atoms with van der Waals surface area (Å²) in [6, 6.07) is 23.8. The standard InChI is InChI=1S/C23H20N2O2S/c26-15-18-12-19(8-10-22(18)27)25-14-17-4-1-2-6-23(17)28-20-9-7-16-5-3-11-24-21(16)13-20/h1-13,25-27H,14-15H2. The summed E-state index contributed by atoms with van der Waals surface area (Å²) in [5, 5.41) is 23.5. The van der Waals surface area contributed by atoms with E-state index >= 15 is 0 Å².